The second-order valence-electron chi connectivity index (χ2n) is 9.91. The Labute approximate surface area is 225 Å². The van der Waals surface area contributed by atoms with Crippen LogP contribution in [0, 0.1) is 12.8 Å². The highest BCUT2D eigenvalue weighted by Gasteiger charge is 2.33. The minimum atomic E-state index is -4.48. The molecule has 1 heterocycles. The SMILES string of the molecule is COc1ccc(NC(=O)C(c2ccc(-c3cncc(C(F)(F)F)c3)cc2)C2CCCC2)c(C)c1CCC(=O)O. The average Bonchev–Trinajstić information content (AvgIpc) is 3.43. The van der Waals surface area contributed by atoms with Crippen LogP contribution in [0.2, 0.25) is 0 Å². The topological polar surface area (TPSA) is 88.5 Å². The maximum atomic E-state index is 13.7. The zero-order valence-corrected chi connectivity index (χ0v) is 21.8. The predicted octanol–water partition coefficient (Wildman–Crippen LogP) is 7.01. The van der Waals surface area contributed by atoms with Gasteiger partial charge in [-0.2, -0.15) is 13.2 Å². The lowest BCUT2D eigenvalue weighted by molar-refractivity contribution is -0.138. The summed E-state index contributed by atoms with van der Waals surface area (Å²) in [7, 11) is 1.52. The van der Waals surface area contributed by atoms with Crippen LogP contribution in [0.5, 0.6) is 5.75 Å². The zero-order valence-electron chi connectivity index (χ0n) is 21.8. The van der Waals surface area contributed by atoms with Gasteiger partial charge in [0, 0.05) is 30.1 Å². The molecule has 1 atom stereocenters. The molecule has 1 unspecified atom stereocenters. The van der Waals surface area contributed by atoms with Gasteiger partial charge in [-0.1, -0.05) is 37.1 Å². The van der Waals surface area contributed by atoms with Gasteiger partial charge in [-0.05, 0) is 72.6 Å². The quantitative estimate of drug-likeness (QED) is 0.305. The zero-order chi connectivity index (χ0) is 28.2. The highest BCUT2D eigenvalue weighted by atomic mass is 19.4. The van der Waals surface area contributed by atoms with E-state index in [1.54, 1.807) is 36.4 Å². The number of halogens is 3. The number of anilines is 1. The number of carbonyl (C=O) groups excluding carboxylic acids is 1. The third kappa shape index (κ3) is 6.58. The fraction of sp³-hybridized carbons (Fsp3) is 0.367. The van der Waals surface area contributed by atoms with Crippen molar-refractivity contribution in [1.82, 2.24) is 4.98 Å². The summed E-state index contributed by atoms with van der Waals surface area (Å²) in [6.45, 7) is 1.83. The molecule has 0 bridgehead atoms. The predicted molar refractivity (Wildman–Crippen MR) is 142 cm³/mol. The highest BCUT2D eigenvalue weighted by Crippen LogP contribution is 2.40. The van der Waals surface area contributed by atoms with Crippen LogP contribution in [-0.2, 0) is 22.2 Å². The van der Waals surface area contributed by atoms with Crippen molar-refractivity contribution in [2.45, 2.75) is 57.5 Å². The number of methoxy groups -OCH3 is 1. The number of nitrogens with zero attached hydrogens (tertiary/aromatic N) is 1. The van der Waals surface area contributed by atoms with E-state index in [1.807, 2.05) is 6.92 Å². The number of rotatable bonds is 9. The Hall–Kier alpha value is -3.88. The van der Waals surface area contributed by atoms with Crippen molar-refractivity contribution in [3.05, 3.63) is 77.1 Å². The van der Waals surface area contributed by atoms with E-state index in [4.69, 9.17) is 9.84 Å². The first-order valence-electron chi connectivity index (χ1n) is 12.9. The van der Waals surface area contributed by atoms with Gasteiger partial charge in [0.25, 0.3) is 0 Å². The first-order chi connectivity index (χ1) is 18.6. The Balaban J connectivity index is 1.61. The third-order valence-corrected chi connectivity index (χ3v) is 7.44. The van der Waals surface area contributed by atoms with Gasteiger partial charge in [0.15, 0.2) is 0 Å². The van der Waals surface area contributed by atoms with Gasteiger partial charge in [-0.25, -0.2) is 0 Å². The lowest BCUT2D eigenvalue weighted by atomic mass is 9.83. The first kappa shape index (κ1) is 28.1. The molecule has 0 aliphatic heterocycles. The number of carbonyl (C=O) groups is 2. The van der Waals surface area contributed by atoms with Crippen LogP contribution >= 0.6 is 0 Å². The van der Waals surface area contributed by atoms with Gasteiger partial charge in [-0.3, -0.25) is 14.6 Å². The summed E-state index contributed by atoms with van der Waals surface area (Å²) in [5.74, 6) is -0.829. The molecule has 2 N–H and O–H groups in total. The van der Waals surface area contributed by atoms with Crippen LogP contribution < -0.4 is 10.1 Å². The van der Waals surface area contributed by atoms with Crippen molar-refractivity contribution in [1.29, 1.82) is 0 Å². The lowest BCUT2D eigenvalue weighted by Crippen LogP contribution is -2.27. The molecular formula is C30H31F3N2O4. The summed E-state index contributed by atoms with van der Waals surface area (Å²) < 4.78 is 44.9. The van der Waals surface area contributed by atoms with Crippen molar-refractivity contribution >= 4 is 17.6 Å². The number of hydrogen-bond donors (Lipinski definition) is 2. The third-order valence-electron chi connectivity index (χ3n) is 7.44. The van der Waals surface area contributed by atoms with E-state index in [9.17, 15) is 22.8 Å². The number of amides is 1. The van der Waals surface area contributed by atoms with E-state index in [1.165, 1.54) is 13.3 Å². The molecule has 1 saturated carbocycles. The minimum Gasteiger partial charge on any atom is -0.496 e. The Bertz CT molecular complexity index is 1330. The van der Waals surface area contributed by atoms with Crippen LogP contribution in [-0.4, -0.2) is 29.1 Å². The summed E-state index contributed by atoms with van der Waals surface area (Å²) in [6, 6.07) is 11.6. The van der Waals surface area contributed by atoms with Crippen molar-refractivity contribution in [2.75, 3.05) is 12.4 Å². The van der Waals surface area contributed by atoms with Crippen LogP contribution in [0.15, 0.2) is 54.9 Å². The molecule has 6 nitrogen and oxygen atoms in total. The number of aromatic nitrogens is 1. The highest BCUT2D eigenvalue weighted by molar-refractivity contribution is 5.97. The van der Waals surface area contributed by atoms with Gasteiger partial charge in [0.2, 0.25) is 5.91 Å². The number of nitrogens with one attached hydrogen (secondary N) is 1. The number of hydrogen-bond acceptors (Lipinski definition) is 4. The number of pyridine rings is 1. The van der Waals surface area contributed by atoms with Crippen molar-refractivity contribution < 1.29 is 32.6 Å². The Morgan fingerprint density at radius 1 is 1.08 bits per heavy atom. The van der Waals surface area contributed by atoms with Gasteiger partial charge < -0.3 is 15.2 Å². The number of carboxylic acids is 1. The summed E-state index contributed by atoms with van der Waals surface area (Å²) in [6.07, 6.45) is 1.78. The second kappa shape index (κ2) is 11.9. The van der Waals surface area contributed by atoms with E-state index < -0.39 is 23.6 Å². The summed E-state index contributed by atoms with van der Waals surface area (Å²) in [4.78, 5) is 28.6. The molecule has 1 aliphatic rings. The molecule has 1 aliphatic carbocycles. The molecule has 9 heteroatoms. The average molecular weight is 541 g/mol. The maximum Gasteiger partial charge on any atom is 0.417 e. The van der Waals surface area contributed by atoms with Gasteiger partial charge in [0.1, 0.15) is 5.75 Å². The van der Waals surface area contributed by atoms with Crippen molar-refractivity contribution in [2.24, 2.45) is 5.92 Å². The van der Waals surface area contributed by atoms with Crippen LogP contribution in [0.4, 0.5) is 18.9 Å². The number of ether oxygens (including phenoxy) is 1. The van der Waals surface area contributed by atoms with E-state index >= 15 is 0 Å². The summed E-state index contributed by atoms with van der Waals surface area (Å²) >= 11 is 0. The monoisotopic (exact) mass is 540 g/mol. The second-order valence-corrected chi connectivity index (χ2v) is 9.91. The molecule has 3 aromatic rings. The first-order valence-corrected chi connectivity index (χ1v) is 12.9. The number of benzene rings is 2. The van der Waals surface area contributed by atoms with Crippen molar-refractivity contribution in [3.8, 4) is 16.9 Å². The molecule has 1 fully saturated rings. The van der Waals surface area contributed by atoms with Crippen LogP contribution in [0.3, 0.4) is 0 Å². The van der Waals surface area contributed by atoms with Gasteiger partial charge >= 0.3 is 12.1 Å². The normalized spacial score (nSPS) is 14.7. The number of aliphatic carboxylic acids is 1. The molecule has 1 aromatic heterocycles. The molecule has 39 heavy (non-hydrogen) atoms. The van der Waals surface area contributed by atoms with E-state index in [-0.39, 0.29) is 24.7 Å². The van der Waals surface area contributed by atoms with Crippen LogP contribution in [0.1, 0.15) is 60.3 Å². The molecule has 1 amide bonds. The lowest BCUT2D eigenvalue weighted by Gasteiger charge is -2.25. The van der Waals surface area contributed by atoms with E-state index in [0.717, 1.165) is 54.6 Å². The smallest absolute Gasteiger partial charge is 0.417 e. The molecule has 4 rings (SSSR count). The molecule has 0 saturated heterocycles. The van der Waals surface area contributed by atoms with Crippen LogP contribution in [0.25, 0.3) is 11.1 Å². The number of carboxylic acid groups (broad SMARTS) is 1. The van der Waals surface area contributed by atoms with E-state index in [0.29, 0.717) is 22.6 Å². The molecule has 206 valence electrons. The Kier molecular flexibility index (Phi) is 8.57. The molecule has 0 radical (unpaired) electrons. The molecular weight excluding hydrogens is 509 g/mol. The fourth-order valence-corrected chi connectivity index (χ4v) is 5.38. The van der Waals surface area contributed by atoms with Gasteiger partial charge in [-0.15, -0.1) is 0 Å². The maximum absolute atomic E-state index is 13.7. The Morgan fingerprint density at radius 2 is 1.77 bits per heavy atom. The van der Waals surface area contributed by atoms with Crippen molar-refractivity contribution in [3.63, 3.8) is 0 Å². The fourth-order valence-electron chi connectivity index (χ4n) is 5.38. The largest absolute Gasteiger partial charge is 0.496 e. The standard InChI is InChI=1S/C30H31F3N2O4/c1-18-24(11-14-27(36)37)26(39-2)13-12-25(18)35-29(38)28(20-5-3-4-6-20)21-9-7-19(8-10-21)22-15-23(17-34-16-22)30(31,32)33/h7-10,12-13,15-17,20,28H,3-6,11,14H2,1-2H3,(H,35,38)(H,36,37). The number of alkyl halides is 3. The summed E-state index contributed by atoms with van der Waals surface area (Å²) in [5, 5.41) is 12.2. The Morgan fingerprint density at radius 3 is 2.38 bits per heavy atom. The van der Waals surface area contributed by atoms with E-state index in [2.05, 4.69) is 10.3 Å². The van der Waals surface area contributed by atoms with Gasteiger partial charge in [0.05, 0.1) is 18.6 Å². The molecule has 0 spiro atoms. The molecule has 2 aromatic carbocycles. The minimum absolute atomic E-state index is 0.0625. The summed E-state index contributed by atoms with van der Waals surface area (Å²) in [5.41, 5.74) is 2.98.